The van der Waals surface area contributed by atoms with Crippen LogP contribution in [-0.4, -0.2) is 49.6 Å². The molecule has 0 aromatic carbocycles. The minimum Gasteiger partial charge on any atom is -0.379 e. The standard InChI is InChI=1S/C19H23F2N5OS2/c1-11(9-22-17(28)12-7-19(20,21)8-12)18(27)26-6-4-14-15(23-10-29-14)16(26)13-3-5-25(2)24-13/h3,5,10-12,16H,4,6-9H2,1-2H3,(H,22,28). The Morgan fingerprint density at radius 3 is 2.90 bits per heavy atom. The molecule has 0 bridgehead atoms. The van der Waals surface area contributed by atoms with Crippen LogP contribution in [0.2, 0.25) is 0 Å². The van der Waals surface area contributed by atoms with Gasteiger partial charge in [-0.25, -0.2) is 13.8 Å². The Kier molecular flexibility index (Phi) is 5.41. The predicted octanol–water partition coefficient (Wildman–Crippen LogP) is 2.95. The number of thiocarbonyl (C=S) groups is 1. The van der Waals surface area contributed by atoms with Crippen LogP contribution in [0.5, 0.6) is 0 Å². The molecule has 1 saturated carbocycles. The van der Waals surface area contributed by atoms with E-state index in [0.717, 1.165) is 17.8 Å². The summed E-state index contributed by atoms with van der Waals surface area (Å²) in [6.45, 7) is 2.76. The number of aryl methyl sites for hydroxylation is 1. The summed E-state index contributed by atoms with van der Waals surface area (Å²) in [5.41, 5.74) is 3.49. The van der Waals surface area contributed by atoms with Crippen molar-refractivity contribution in [2.45, 2.75) is 38.2 Å². The summed E-state index contributed by atoms with van der Waals surface area (Å²) in [6.07, 6.45) is 2.21. The van der Waals surface area contributed by atoms with Crippen molar-refractivity contribution in [3.63, 3.8) is 0 Å². The lowest BCUT2D eigenvalue weighted by Crippen LogP contribution is -2.48. The van der Waals surface area contributed by atoms with Crippen LogP contribution in [0.3, 0.4) is 0 Å². The molecule has 1 amide bonds. The van der Waals surface area contributed by atoms with Crippen molar-refractivity contribution in [3.8, 4) is 0 Å². The molecule has 156 valence electrons. The zero-order valence-corrected chi connectivity index (χ0v) is 17.9. The summed E-state index contributed by atoms with van der Waals surface area (Å²) in [5.74, 6) is -3.27. The average Bonchev–Trinajstić information content (AvgIpc) is 3.31. The molecule has 0 radical (unpaired) electrons. The zero-order valence-electron chi connectivity index (χ0n) is 16.3. The number of nitrogens with zero attached hydrogens (tertiary/aromatic N) is 4. The molecule has 2 atom stereocenters. The van der Waals surface area contributed by atoms with E-state index >= 15 is 0 Å². The Hall–Kier alpha value is -1.94. The summed E-state index contributed by atoms with van der Waals surface area (Å²) in [6, 6.07) is 1.60. The molecule has 0 spiro atoms. The zero-order chi connectivity index (χ0) is 20.8. The number of fused-ring (bicyclic) bond motifs is 1. The number of aromatic nitrogens is 3. The fourth-order valence-corrected chi connectivity index (χ4v) is 4.96. The highest BCUT2D eigenvalue weighted by Gasteiger charge is 2.47. The first-order chi connectivity index (χ1) is 13.7. The van der Waals surface area contributed by atoms with Gasteiger partial charge in [-0.1, -0.05) is 19.1 Å². The third-order valence-electron chi connectivity index (χ3n) is 5.59. The molecule has 2 unspecified atom stereocenters. The van der Waals surface area contributed by atoms with Crippen LogP contribution in [0.15, 0.2) is 17.8 Å². The van der Waals surface area contributed by atoms with Gasteiger partial charge in [-0.05, 0) is 6.07 Å². The van der Waals surface area contributed by atoms with Gasteiger partial charge in [0, 0.05) is 56.4 Å². The van der Waals surface area contributed by atoms with Crippen LogP contribution in [0.1, 0.15) is 42.1 Å². The summed E-state index contributed by atoms with van der Waals surface area (Å²) in [7, 11) is 1.85. The first-order valence-electron chi connectivity index (χ1n) is 9.63. The molecule has 29 heavy (non-hydrogen) atoms. The van der Waals surface area contributed by atoms with Crippen molar-refractivity contribution in [1.29, 1.82) is 0 Å². The number of nitrogens with one attached hydrogen (secondary N) is 1. The van der Waals surface area contributed by atoms with Crippen LogP contribution in [-0.2, 0) is 18.3 Å². The maximum atomic E-state index is 13.3. The number of rotatable bonds is 5. The van der Waals surface area contributed by atoms with Gasteiger partial charge in [0.1, 0.15) is 6.04 Å². The van der Waals surface area contributed by atoms with E-state index in [1.165, 1.54) is 4.88 Å². The smallest absolute Gasteiger partial charge is 0.249 e. The number of amides is 1. The minimum atomic E-state index is -2.60. The Labute approximate surface area is 177 Å². The molecule has 10 heteroatoms. The summed E-state index contributed by atoms with van der Waals surface area (Å²) in [5, 5.41) is 7.55. The topological polar surface area (TPSA) is 63.1 Å². The molecule has 4 rings (SSSR count). The van der Waals surface area contributed by atoms with Gasteiger partial charge in [0.05, 0.1) is 27.8 Å². The second-order valence-corrected chi connectivity index (χ2v) is 9.25. The Balaban J connectivity index is 1.44. The van der Waals surface area contributed by atoms with Gasteiger partial charge in [-0.3, -0.25) is 9.48 Å². The fraction of sp³-hybridized carbons (Fsp3) is 0.579. The molecule has 3 heterocycles. The largest absolute Gasteiger partial charge is 0.379 e. The SMILES string of the molecule is CC(CNC(=S)C1CC(F)(F)C1)C(=O)N1CCc2scnc2C1c1ccn(C)n1. The van der Waals surface area contributed by atoms with E-state index in [4.69, 9.17) is 12.2 Å². The monoisotopic (exact) mass is 439 g/mol. The maximum Gasteiger partial charge on any atom is 0.249 e. The number of hydrogen-bond donors (Lipinski definition) is 1. The predicted molar refractivity (Wildman–Crippen MR) is 110 cm³/mol. The lowest BCUT2D eigenvalue weighted by Gasteiger charge is -2.37. The molecule has 0 saturated heterocycles. The average molecular weight is 440 g/mol. The molecule has 1 aliphatic carbocycles. The van der Waals surface area contributed by atoms with Crippen molar-refractivity contribution in [1.82, 2.24) is 25.0 Å². The van der Waals surface area contributed by atoms with Gasteiger partial charge in [-0.2, -0.15) is 5.10 Å². The Bertz CT molecular complexity index is 919. The van der Waals surface area contributed by atoms with E-state index in [9.17, 15) is 13.6 Å². The Morgan fingerprint density at radius 1 is 1.48 bits per heavy atom. The molecule has 2 aromatic heterocycles. The van der Waals surface area contributed by atoms with Gasteiger partial charge in [0.2, 0.25) is 11.8 Å². The molecule has 2 aliphatic rings. The van der Waals surface area contributed by atoms with Crippen molar-refractivity contribution in [3.05, 3.63) is 34.0 Å². The van der Waals surface area contributed by atoms with Crippen molar-refractivity contribution in [2.24, 2.45) is 18.9 Å². The van der Waals surface area contributed by atoms with E-state index < -0.39 is 5.92 Å². The van der Waals surface area contributed by atoms with Gasteiger partial charge < -0.3 is 10.2 Å². The number of carbonyl (C=O) groups excluding carboxylic acids is 1. The van der Waals surface area contributed by atoms with Crippen LogP contribution in [0.4, 0.5) is 8.78 Å². The number of carbonyl (C=O) groups is 1. The van der Waals surface area contributed by atoms with Crippen LogP contribution in [0.25, 0.3) is 0 Å². The highest BCUT2D eigenvalue weighted by atomic mass is 32.1. The molecule has 1 N–H and O–H groups in total. The van der Waals surface area contributed by atoms with Gasteiger partial charge in [0.25, 0.3) is 0 Å². The van der Waals surface area contributed by atoms with Gasteiger partial charge in [0.15, 0.2) is 0 Å². The van der Waals surface area contributed by atoms with E-state index in [1.54, 1.807) is 16.0 Å². The minimum absolute atomic E-state index is 0.0199. The molecule has 2 aromatic rings. The molecular formula is C19H23F2N5OS2. The third kappa shape index (κ3) is 4.05. The molecule has 1 fully saturated rings. The van der Waals surface area contributed by atoms with Crippen LogP contribution >= 0.6 is 23.6 Å². The van der Waals surface area contributed by atoms with Crippen molar-refractivity contribution >= 4 is 34.5 Å². The summed E-state index contributed by atoms with van der Waals surface area (Å²) >= 11 is 6.85. The number of alkyl halides is 2. The van der Waals surface area contributed by atoms with E-state index in [-0.39, 0.29) is 36.6 Å². The Morgan fingerprint density at radius 2 is 2.24 bits per heavy atom. The second-order valence-electron chi connectivity index (χ2n) is 7.87. The maximum absolute atomic E-state index is 13.3. The van der Waals surface area contributed by atoms with Crippen LogP contribution < -0.4 is 5.32 Å². The highest BCUT2D eigenvalue weighted by molar-refractivity contribution is 7.80. The fourth-order valence-electron chi connectivity index (χ4n) is 3.92. The quantitative estimate of drug-likeness (QED) is 0.726. The first kappa shape index (κ1) is 20.3. The highest BCUT2D eigenvalue weighted by Crippen LogP contribution is 2.42. The normalized spacial score (nSPS) is 21.9. The van der Waals surface area contributed by atoms with E-state index in [0.29, 0.717) is 18.1 Å². The molecular weight excluding hydrogens is 416 g/mol. The van der Waals surface area contributed by atoms with Gasteiger partial charge >= 0.3 is 0 Å². The third-order valence-corrected chi connectivity index (χ3v) is 6.97. The van der Waals surface area contributed by atoms with Crippen molar-refractivity contribution in [2.75, 3.05) is 13.1 Å². The summed E-state index contributed by atoms with van der Waals surface area (Å²) in [4.78, 5) is 21.2. The van der Waals surface area contributed by atoms with Crippen LogP contribution in [0, 0.1) is 11.8 Å². The van der Waals surface area contributed by atoms with E-state index in [2.05, 4.69) is 15.4 Å². The summed E-state index contributed by atoms with van der Waals surface area (Å²) < 4.78 is 27.8. The van der Waals surface area contributed by atoms with E-state index in [1.807, 2.05) is 36.6 Å². The lowest BCUT2D eigenvalue weighted by atomic mass is 9.81. The number of halogens is 2. The second kappa shape index (κ2) is 7.71. The van der Waals surface area contributed by atoms with Crippen molar-refractivity contribution < 1.29 is 13.6 Å². The molecule has 6 nitrogen and oxygen atoms in total. The van der Waals surface area contributed by atoms with Gasteiger partial charge in [-0.15, -0.1) is 11.3 Å². The number of thiazole rings is 1. The first-order valence-corrected chi connectivity index (χ1v) is 10.9. The number of hydrogen-bond acceptors (Lipinski definition) is 5. The molecule has 1 aliphatic heterocycles. The lowest BCUT2D eigenvalue weighted by molar-refractivity contribution is -0.137.